The van der Waals surface area contributed by atoms with E-state index in [1.54, 1.807) is 18.4 Å². The van der Waals surface area contributed by atoms with Gasteiger partial charge in [-0.15, -0.1) is 11.3 Å². The van der Waals surface area contributed by atoms with Crippen LogP contribution in [0.4, 0.5) is 0 Å². The van der Waals surface area contributed by atoms with Crippen LogP contribution in [0.25, 0.3) is 0 Å². The van der Waals surface area contributed by atoms with Crippen molar-refractivity contribution < 1.29 is 9.53 Å². The van der Waals surface area contributed by atoms with E-state index in [4.69, 9.17) is 4.74 Å². The van der Waals surface area contributed by atoms with Gasteiger partial charge in [-0.25, -0.2) is 4.98 Å². The molecule has 0 aliphatic carbocycles. The number of ether oxygens (including phenoxy) is 1. The van der Waals surface area contributed by atoms with E-state index < -0.39 is 0 Å². The Kier molecular flexibility index (Phi) is 5.89. The van der Waals surface area contributed by atoms with E-state index in [1.807, 2.05) is 0 Å². The molecule has 0 aromatic carbocycles. The van der Waals surface area contributed by atoms with Crippen LogP contribution in [0.2, 0.25) is 0 Å². The molecular weight excluding hydrogens is 322 g/mol. The molecule has 1 spiro atoms. The Hall–Kier alpha value is -0.980. The number of amides is 1. The van der Waals surface area contributed by atoms with Crippen LogP contribution in [0.5, 0.6) is 0 Å². The molecule has 1 aromatic rings. The van der Waals surface area contributed by atoms with Crippen molar-refractivity contribution in [2.45, 2.75) is 45.6 Å². The molecule has 0 saturated carbocycles. The van der Waals surface area contributed by atoms with Crippen molar-refractivity contribution >= 4 is 17.2 Å². The number of thiazole rings is 1. The second kappa shape index (κ2) is 7.93. The summed E-state index contributed by atoms with van der Waals surface area (Å²) in [6, 6.07) is 0. The third-order valence-corrected chi connectivity index (χ3v) is 6.36. The molecule has 1 atom stereocenters. The lowest BCUT2D eigenvalue weighted by Gasteiger charge is -2.39. The van der Waals surface area contributed by atoms with E-state index in [-0.39, 0.29) is 5.41 Å². The van der Waals surface area contributed by atoms with Crippen molar-refractivity contribution in [3.63, 3.8) is 0 Å². The summed E-state index contributed by atoms with van der Waals surface area (Å²) in [7, 11) is 1.72. The molecular formula is C18H29N3O2S. The van der Waals surface area contributed by atoms with E-state index in [2.05, 4.69) is 27.1 Å². The van der Waals surface area contributed by atoms with Crippen molar-refractivity contribution in [2.75, 3.05) is 39.9 Å². The van der Waals surface area contributed by atoms with Crippen LogP contribution in [0.1, 0.15) is 43.3 Å². The number of aryl methyl sites for hydroxylation is 1. The molecule has 1 aromatic heterocycles. The molecule has 134 valence electrons. The first-order valence-electron chi connectivity index (χ1n) is 9.11. The van der Waals surface area contributed by atoms with Crippen LogP contribution < -0.4 is 0 Å². The third-order valence-electron chi connectivity index (χ3n) is 5.32. The van der Waals surface area contributed by atoms with Crippen molar-refractivity contribution in [3.05, 3.63) is 16.1 Å². The lowest BCUT2D eigenvalue weighted by molar-refractivity contribution is -0.145. The molecule has 2 aliphatic heterocycles. The predicted molar refractivity (Wildman–Crippen MR) is 96.1 cm³/mol. The second-order valence-corrected chi connectivity index (χ2v) is 8.01. The summed E-state index contributed by atoms with van der Waals surface area (Å²) in [5.74, 6) is 0.375. The van der Waals surface area contributed by atoms with Gasteiger partial charge in [0.2, 0.25) is 5.91 Å². The van der Waals surface area contributed by atoms with Crippen LogP contribution in [0, 0.1) is 5.41 Å². The van der Waals surface area contributed by atoms with E-state index in [1.165, 1.54) is 5.01 Å². The fourth-order valence-corrected chi connectivity index (χ4v) is 4.79. The molecule has 1 amide bonds. The van der Waals surface area contributed by atoms with Crippen molar-refractivity contribution in [3.8, 4) is 0 Å². The van der Waals surface area contributed by atoms with E-state index in [0.717, 1.165) is 77.1 Å². The standard InChI is InChI=1S/C18H29N3O2S/c1-3-16-19-15(13-24-16)12-20-10-7-18(14-20)6-4-8-21(17(18)22)9-5-11-23-2/h13H,3-12,14H2,1-2H3. The first-order chi connectivity index (χ1) is 11.7. The van der Waals surface area contributed by atoms with Crippen molar-refractivity contribution in [2.24, 2.45) is 5.41 Å². The number of nitrogens with zero attached hydrogens (tertiary/aromatic N) is 3. The van der Waals surface area contributed by atoms with Crippen LogP contribution in [0.15, 0.2) is 5.38 Å². The van der Waals surface area contributed by atoms with Crippen LogP contribution in [0.3, 0.4) is 0 Å². The van der Waals surface area contributed by atoms with Gasteiger partial charge in [0.1, 0.15) is 0 Å². The van der Waals surface area contributed by atoms with E-state index in [9.17, 15) is 4.79 Å². The van der Waals surface area contributed by atoms with Gasteiger partial charge in [-0.05, 0) is 38.6 Å². The number of carbonyl (C=O) groups excluding carboxylic acids is 1. The molecule has 1 unspecified atom stereocenters. The SMILES string of the molecule is CCc1nc(CN2CCC3(CCCN(CCCOC)C3=O)C2)cs1. The lowest BCUT2D eigenvalue weighted by Crippen LogP contribution is -2.50. The molecule has 5 nitrogen and oxygen atoms in total. The zero-order valence-electron chi connectivity index (χ0n) is 14.9. The minimum Gasteiger partial charge on any atom is -0.385 e. The minimum absolute atomic E-state index is 0.144. The molecule has 3 heterocycles. The average molecular weight is 352 g/mol. The van der Waals surface area contributed by atoms with Gasteiger partial charge < -0.3 is 9.64 Å². The molecule has 24 heavy (non-hydrogen) atoms. The molecule has 2 fully saturated rings. The Morgan fingerprint density at radius 2 is 2.25 bits per heavy atom. The van der Waals surface area contributed by atoms with Gasteiger partial charge in [0.15, 0.2) is 0 Å². The van der Waals surface area contributed by atoms with Gasteiger partial charge >= 0.3 is 0 Å². The number of aromatic nitrogens is 1. The number of hydrogen-bond acceptors (Lipinski definition) is 5. The Bertz CT molecular complexity index is 562. The fraction of sp³-hybridized carbons (Fsp3) is 0.778. The van der Waals surface area contributed by atoms with Gasteiger partial charge in [0.25, 0.3) is 0 Å². The molecule has 3 rings (SSSR count). The topological polar surface area (TPSA) is 45.7 Å². The minimum atomic E-state index is -0.144. The van der Waals surface area contributed by atoms with E-state index >= 15 is 0 Å². The van der Waals surface area contributed by atoms with Gasteiger partial charge in [-0.2, -0.15) is 0 Å². The normalized spacial score (nSPS) is 25.1. The highest BCUT2D eigenvalue weighted by molar-refractivity contribution is 7.09. The largest absolute Gasteiger partial charge is 0.385 e. The zero-order chi connectivity index (χ0) is 17.0. The van der Waals surface area contributed by atoms with Crippen LogP contribution >= 0.6 is 11.3 Å². The monoisotopic (exact) mass is 351 g/mol. The van der Waals surface area contributed by atoms with Crippen molar-refractivity contribution in [1.29, 1.82) is 0 Å². The summed E-state index contributed by atoms with van der Waals surface area (Å²) in [5, 5.41) is 3.38. The molecule has 0 N–H and O–H groups in total. The quantitative estimate of drug-likeness (QED) is 0.708. The summed E-state index contributed by atoms with van der Waals surface area (Å²) in [4.78, 5) is 22.2. The van der Waals surface area contributed by atoms with Crippen molar-refractivity contribution in [1.82, 2.24) is 14.8 Å². The smallest absolute Gasteiger partial charge is 0.230 e. The van der Waals surface area contributed by atoms with Gasteiger partial charge in [0, 0.05) is 45.3 Å². The second-order valence-electron chi connectivity index (χ2n) is 7.07. The highest BCUT2D eigenvalue weighted by Gasteiger charge is 2.48. The number of carbonyl (C=O) groups is 1. The molecule has 2 saturated heterocycles. The summed E-state index contributed by atoms with van der Waals surface area (Å²) < 4.78 is 5.13. The van der Waals surface area contributed by atoms with Gasteiger partial charge in [-0.3, -0.25) is 9.69 Å². The third kappa shape index (κ3) is 3.81. The number of piperidine rings is 1. The Balaban J connectivity index is 1.58. The van der Waals surface area contributed by atoms with Gasteiger partial charge in [-0.1, -0.05) is 6.92 Å². The molecule has 2 aliphatic rings. The molecule has 6 heteroatoms. The van der Waals surface area contributed by atoms with Crippen LogP contribution in [-0.2, 0) is 22.5 Å². The first kappa shape index (κ1) is 17.8. The number of methoxy groups -OCH3 is 1. The molecule has 0 radical (unpaired) electrons. The Morgan fingerprint density at radius 3 is 3.00 bits per heavy atom. The fourth-order valence-electron chi connectivity index (χ4n) is 4.05. The van der Waals surface area contributed by atoms with Gasteiger partial charge in [0.05, 0.1) is 16.1 Å². The predicted octanol–water partition coefficient (Wildman–Crippen LogP) is 2.56. The first-order valence-corrected chi connectivity index (χ1v) is 9.99. The maximum atomic E-state index is 13.0. The Morgan fingerprint density at radius 1 is 1.38 bits per heavy atom. The average Bonchev–Trinajstić information content (AvgIpc) is 3.20. The zero-order valence-corrected chi connectivity index (χ0v) is 15.7. The maximum absolute atomic E-state index is 13.0. The summed E-state index contributed by atoms with van der Waals surface area (Å²) in [6.07, 6.45) is 5.10. The summed E-state index contributed by atoms with van der Waals surface area (Å²) in [6.45, 7) is 7.41. The lowest BCUT2D eigenvalue weighted by atomic mass is 9.78. The highest BCUT2D eigenvalue weighted by Crippen LogP contribution is 2.40. The number of rotatable bonds is 7. The number of hydrogen-bond donors (Lipinski definition) is 0. The summed E-state index contributed by atoms with van der Waals surface area (Å²) in [5.41, 5.74) is 1.02. The number of likely N-dealkylation sites (tertiary alicyclic amines) is 2. The summed E-state index contributed by atoms with van der Waals surface area (Å²) >= 11 is 1.75. The maximum Gasteiger partial charge on any atom is 0.230 e. The van der Waals surface area contributed by atoms with Crippen LogP contribution in [-0.4, -0.2) is 60.6 Å². The van der Waals surface area contributed by atoms with E-state index in [0.29, 0.717) is 5.91 Å². The highest BCUT2D eigenvalue weighted by atomic mass is 32.1. The molecule has 0 bridgehead atoms. The Labute approximate surface area is 149 Å².